The lowest BCUT2D eigenvalue weighted by Gasteiger charge is -2.15. The normalized spacial score (nSPS) is 10.0. The SMILES string of the molecule is COc1cc(OC)c(OC)c(CCC(=O)O)c1F. The van der Waals surface area contributed by atoms with Crippen LogP contribution in [0.1, 0.15) is 12.0 Å². The van der Waals surface area contributed by atoms with Crippen molar-refractivity contribution in [2.45, 2.75) is 12.8 Å². The molecule has 5 nitrogen and oxygen atoms in total. The number of carboxylic acid groups (broad SMARTS) is 1. The highest BCUT2D eigenvalue weighted by Crippen LogP contribution is 2.39. The molecule has 6 heteroatoms. The molecule has 0 aliphatic rings. The topological polar surface area (TPSA) is 65.0 Å². The van der Waals surface area contributed by atoms with Gasteiger partial charge in [-0.1, -0.05) is 0 Å². The van der Waals surface area contributed by atoms with Gasteiger partial charge >= 0.3 is 5.97 Å². The summed E-state index contributed by atoms with van der Waals surface area (Å²) in [6.07, 6.45) is -0.207. The quantitative estimate of drug-likeness (QED) is 0.843. The highest BCUT2D eigenvalue weighted by molar-refractivity contribution is 5.67. The molecule has 1 rings (SSSR count). The fraction of sp³-hybridized carbons (Fsp3) is 0.417. The average molecular weight is 258 g/mol. The second kappa shape index (κ2) is 6.09. The molecule has 100 valence electrons. The number of halogens is 1. The summed E-state index contributed by atoms with van der Waals surface area (Å²) in [5.74, 6) is -1.16. The number of ether oxygens (including phenoxy) is 3. The van der Waals surface area contributed by atoms with Crippen molar-refractivity contribution in [1.82, 2.24) is 0 Å². The Kier molecular flexibility index (Phi) is 4.76. The highest BCUT2D eigenvalue weighted by atomic mass is 19.1. The van der Waals surface area contributed by atoms with Crippen molar-refractivity contribution in [1.29, 1.82) is 0 Å². The lowest BCUT2D eigenvalue weighted by molar-refractivity contribution is -0.136. The average Bonchev–Trinajstić information content (AvgIpc) is 2.36. The van der Waals surface area contributed by atoms with Crippen molar-refractivity contribution < 1.29 is 28.5 Å². The monoisotopic (exact) mass is 258 g/mol. The van der Waals surface area contributed by atoms with Gasteiger partial charge in [-0.2, -0.15) is 0 Å². The Bertz CT molecular complexity index is 445. The standard InChI is InChI=1S/C12H15FO5/c1-16-8-6-9(17-2)12(18-3)7(11(8)13)4-5-10(14)15/h6H,4-5H2,1-3H3,(H,14,15). The van der Waals surface area contributed by atoms with Gasteiger partial charge in [-0.3, -0.25) is 4.79 Å². The summed E-state index contributed by atoms with van der Waals surface area (Å²) in [7, 11) is 4.11. The summed E-state index contributed by atoms with van der Waals surface area (Å²) in [6, 6.07) is 1.36. The Hall–Kier alpha value is -1.98. The highest BCUT2D eigenvalue weighted by Gasteiger charge is 2.20. The first-order valence-electron chi connectivity index (χ1n) is 5.24. The third-order valence-corrected chi connectivity index (χ3v) is 2.47. The number of carbonyl (C=O) groups is 1. The van der Waals surface area contributed by atoms with Crippen molar-refractivity contribution >= 4 is 5.97 Å². The minimum absolute atomic E-state index is 0.00208. The van der Waals surface area contributed by atoms with E-state index < -0.39 is 11.8 Å². The van der Waals surface area contributed by atoms with Crippen molar-refractivity contribution in [3.05, 3.63) is 17.4 Å². The summed E-state index contributed by atoms with van der Waals surface area (Å²) >= 11 is 0. The summed E-state index contributed by atoms with van der Waals surface area (Å²) in [4.78, 5) is 10.6. The zero-order valence-corrected chi connectivity index (χ0v) is 10.4. The van der Waals surface area contributed by atoms with E-state index in [0.717, 1.165) is 0 Å². The fourth-order valence-electron chi connectivity index (χ4n) is 1.62. The first-order chi connectivity index (χ1) is 8.54. The van der Waals surface area contributed by atoms with Gasteiger partial charge < -0.3 is 19.3 Å². The Morgan fingerprint density at radius 2 is 1.83 bits per heavy atom. The van der Waals surface area contributed by atoms with Crippen LogP contribution in [0.4, 0.5) is 4.39 Å². The number of methoxy groups -OCH3 is 3. The first-order valence-corrected chi connectivity index (χ1v) is 5.24. The van der Waals surface area contributed by atoms with E-state index in [1.165, 1.54) is 27.4 Å². The van der Waals surface area contributed by atoms with Crippen molar-refractivity contribution in [3.63, 3.8) is 0 Å². The van der Waals surface area contributed by atoms with Gasteiger partial charge in [-0.15, -0.1) is 0 Å². The zero-order valence-electron chi connectivity index (χ0n) is 10.4. The van der Waals surface area contributed by atoms with Gasteiger partial charge in [-0.25, -0.2) is 4.39 Å². The second-order valence-electron chi connectivity index (χ2n) is 3.50. The van der Waals surface area contributed by atoms with E-state index in [1.54, 1.807) is 0 Å². The number of hydrogen-bond donors (Lipinski definition) is 1. The van der Waals surface area contributed by atoms with Crippen LogP contribution in [-0.2, 0) is 11.2 Å². The summed E-state index contributed by atoms with van der Waals surface area (Å²) < 4.78 is 29.0. The van der Waals surface area contributed by atoms with Crippen molar-refractivity contribution in [2.24, 2.45) is 0 Å². The van der Waals surface area contributed by atoms with Crippen LogP contribution >= 0.6 is 0 Å². The third kappa shape index (κ3) is 2.82. The Balaban J connectivity index is 3.28. The lowest BCUT2D eigenvalue weighted by atomic mass is 10.1. The molecule has 18 heavy (non-hydrogen) atoms. The predicted octanol–water partition coefficient (Wildman–Crippen LogP) is 1.87. The van der Waals surface area contributed by atoms with Gasteiger partial charge in [0.25, 0.3) is 0 Å². The van der Waals surface area contributed by atoms with Crippen LogP contribution in [0.25, 0.3) is 0 Å². The minimum atomic E-state index is -1.02. The van der Waals surface area contributed by atoms with E-state index in [2.05, 4.69) is 0 Å². The van der Waals surface area contributed by atoms with Gasteiger partial charge in [0.05, 0.1) is 21.3 Å². The number of benzene rings is 1. The molecular weight excluding hydrogens is 243 g/mol. The van der Waals surface area contributed by atoms with Gasteiger partial charge in [0.15, 0.2) is 23.1 Å². The maximum absolute atomic E-state index is 14.0. The molecule has 0 unspecified atom stereocenters. The van der Waals surface area contributed by atoms with Crippen LogP contribution in [0.3, 0.4) is 0 Å². The first kappa shape index (κ1) is 14.1. The molecule has 1 aromatic rings. The fourth-order valence-corrected chi connectivity index (χ4v) is 1.62. The van der Waals surface area contributed by atoms with E-state index in [4.69, 9.17) is 19.3 Å². The molecule has 1 aromatic carbocycles. The zero-order chi connectivity index (χ0) is 13.7. The number of rotatable bonds is 6. The van der Waals surface area contributed by atoms with Gasteiger partial charge in [0.1, 0.15) is 0 Å². The smallest absolute Gasteiger partial charge is 0.303 e. The largest absolute Gasteiger partial charge is 0.494 e. The molecule has 0 radical (unpaired) electrons. The molecule has 0 saturated heterocycles. The van der Waals surface area contributed by atoms with Crippen molar-refractivity contribution in [2.75, 3.05) is 21.3 Å². The molecule has 0 aliphatic carbocycles. The van der Waals surface area contributed by atoms with Gasteiger partial charge in [-0.05, 0) is 6.42 Å². The van der Waals surface area contributed by atoms with Gasteiger partial charge in [0, 0.05) is 18.1 Å². The third-order valence-electron chi connectivity index (χ3n) is 2.47. The van der Waals surface area contributed by atoms with Crippen LogP contribution < -0.4 is 14.2 Å². The molecule has 1 N–H and O–H groups in total. The number of aliphatic carboxylic acids is 1. The molecule has 0 aromatic heterocycles. The van der Waals surface area contributed by atoms with Crippen molar-refractivity contribution in [3.8, 4) is 17.2 Å². The summed E-state index contributed by atoms with van der Waals surface area (Å²) in [5, 5.41) is 8.66. The number of hydrogen-bond acceptors (Lipinski definition) is 4. The van der Waals surface area contributed by atoms with Crippen LogP contribution in [0.15, 0.2) is 6.07 Å². The molecule has 0 amide bonds. The molecule has 0 atom stereocenters. The van der Waals surface area contributed by atoms with Crippen LogP contribution in [0.2, 0.25) is 0 Å². The van der Waals surface area contributed by atoms with Crippen LogP contribution in [0, 0.1) is 5.82 Å². The lowest BCUT2D eigenvalue weighted by Crippen LogP contribution is -2.05. The molecule has 0 saturated carbocycles. The Morgan fingerprint density at radius 1 is 1.22 bits per heavy atom. The van der Waals surface area contributed by atoms with E-state index in [1.807, 2.05) is 0 Å². The van der Waals surface area contributed by atoms with E-state index in [-0.39, 0.29) is 29.9 Å². The van der Waals surface area contributed by atoms with Crippen LogP contribution in [-0.4, -0.2) is 32.4 Å². The Morgan fingerprint density at radius 3 is 2.28 bits per heavy atom. The maximum Gasteiger partial charge on any atom is 0.303 e. The van der Waals surface area contributed by atoms with Gasteiger partial charge in [0.2, 0.25) is 0 Å². The maximum atomic E-state index is 14.0. The molecule has 0 aliphatic heterocycles. The predicted molar refractivity (Wildman–Crippen MR) is 62.0 cm³/mol. The summed E-state index contributed by atoms with van der Waals surface area (Å²) in [6.45, 7) is 0. The summed E-state index contributed by atoms with van der Waals surface area (Å²) in [5.41, 5.74) is 0.135. The number of carboxylic acids is 1. The van der Waals surface area contributed by atoms with E-state index in [9.17, 15) is 9.18 Å². The minimum Gasteiger partial charge on any atom is -0.494 e. The van der Waals surface area contributed by atoms with E-state index in [0.29, 0.717) is 5.75 Å². The molecule has 0 heterocycles. The van der Waals surface area contributed by atoms with Crippen LogP contribution in [0.5, 0.6) is 17.2 Å². The second-order valence-corrected chi connectivity index (χ2v) is 3.50. The molecule has 0 fully saturated rings. The molecule has 0 bridgehead atoms. The molecular formula is C12H15FO5. The van der Waals surface area contributed by atoms with E-state index >= 15 is 0 Å². The molecule has 0 spiro atoms. The Labute approximate surface area is 104 Å².